The Morgan fingerprint density at radius 2 is 1.58 bits per heavy atom. The van der Waals surface area contributed by atoms with Crippen molar-refractivity contribution in [2.75, 3.05) is 14.1 Å². The minimum absolute atomic E-state index is 0.165. The maximum Gasteiger partial charge on any atom is 0.242 e. The molecule has 0 aliphatic carbocycles. The number of hydrogen-bond donors (Lipinski definition) is 0. The van der Waals surface area contributed by atoms with Gasteiger partial charge in [-0.3, -0.25) is 4.79 Å². The molecule has 2 aromatic carbocycles. The molecule has 0 bridgehead atoms. The van der Waals surface area contributed by atoms with Gasteiger partial charge in [0.05, 0.1) is 4.90 Å². The van der Waals surface area contributed by atoms with Crippen LogP contribution in [0, 0.1) is 13.8 Å². The zero-order valence-electron chi connectivity index (χ0n) is 14.3. The van der Waals surface area contributed by atoms with Crippen LogP contribution in [-0.4, -0.2) is 32.6 Å². The number of hydrogen-bond acceptors (Lipinski definition) is 3. The summed E-state index contributed by atoms with van der Waals surface area (Å²) in [6.45, 7) is 4.07. The molecule has 2 rings (SSSR count). The smallest absolute Gasteiger partial charge is 0.242 e. The average Bonchev–Trinajstić information content (AvgIpc) is 2.55. The van der Waals surface area contributed by atoms with Crippen molar-refractivity contribution in [1.29, 1.82) is 0 Å². The van der Waals surface area contributed by atoms with Crippen LogP contribution in [0.15, 0.2) is 53.4 Å². The van der Waals surface area contributed by atoms with Crippen molar-refractivity contribution < 1.29 is 13.2 Å². The summed E-state index contributed by atoms with van der Waals surface area (Å²) >= 11 is 0. The van der Waals surface area contributed by atoms with Crippen molar-refractivity contribution in [3.8, 4) is 0 Å². The molecule has 0 amide bonds. The fourth-order valence-corrected chi connectivity index (χ4v) is 3.04. The van der Waals surface area contributed by atoms with Crippen molar-refractivity contribution >= 4 is 21.9 Å². The molecule has 0 radical (unpaired) electrons. The number of benzene rings is 2. The number of carbonyl (C=O) groups is 1. The van der Waals surface area contributed by atoms with Crippen LogP contribution in [0.3, 0.4) is 0 Å². The molecule has 0 spiro atoms. The number of rotatable bonds is 5. The highest BCUT2D eigenvalue weighted by atomic mass is 32.2. The fourth-order valence-electron chi connectivity index (χ4n) is 2.14. The molecule has 0 saturated heterocycles. The Labute approximate surface area is 143 Å². The minimum atomic E-state index is -3.48. The molecule has 126 valence electrons. The van der Waals surface area contributed by atoms with E-state index in [-0.39, 0.29) is 10.7 Å². The van der Waals surface area contributed by atoms with E-state index in [9.17, 15) is 13.2 Å². The lowest BCUT2D eigenvalue weighted by Crippen LogP contribution is -2.22. The van der Waals surface area contributed by atoms with E-state index in [2.05, 4.69) is 0 Å². The van der Waals surface area contributed by atoms with Crippen LogP contribution in [0.5, 0.6) is 0 Å². The highest BCUT2D eigenvalue weighted by Gasteiger charge is 2.17. The molecule has 24 heavy (non-hydrogen) atoms. The SMILES string of the molecule is Cc1ccc(/C=C/C(=O)c2ccc(S(=O)(=O)N(C)C)cc2)cc1C. The predicted octanol–water partition coefficient (Wildman–Crippen LogP) is 3.45. The van der Waals surface area contributed by atoms with Gasteiger partial charge in [0.15, 0.2) is 5.78 Å². The van der Waals surface area contributed by atoms with Gasteiger partial charge in [-0.2, -0.15) is 0 Å². The Hall–Kier alpha value is -2.24. The first-order valence-corrected chi connectivity index (χ1v) is 8.98. The summed E-state index contributed by atoms with van der Waals surface area (Å²) in [6.07, 6.45) is 3.26. The number of allylic oxidation sites excluding steroid dienone is 1. The molecular weight excluding hydrogens is 322 g/mol. The van der Waals surface area contributed by atoms with Gasteiger partial charge in [0.2, 0.25) is 10.0 Å². The molecule has 4 nitrogen and oxygen atoms in total. The Morgan fingerprint density at radius 3 is 2.12 bits per heavy atom. The summed E-state index contributed by atoms with van der Waals surface area (Å²) in [6, 6.07) is 12.0. The van der Waals surface area contributed by atoms with E-state index in [1.165, 1.54) is 55.6 Å². The highest BCUT2D eigenvalue weighted by Crippen LogP contribution is 2.15. The summed E-state index contributed by atoms with van der Waals surface area (Å²) in [5, 5.41) is 0. The van der Waals surface area contributed by atoms with Crippen molar-refractivity contribution in [1.82, 2.24) is 4.31 Å². The van der Waals surface area contributed by atoms with Crippen LogP contribution in [-0.2, 0) is 10.0 Å². The summed E-state index contributed by atoms with van der Waals surface area (Å²) in [7, 11) is -0.534. The lowest BCUT2D eigenvalue weighted by molar-refractivity contribution is 0.104. The normalized spacial score (nSPS) is 12.0. The van der Waals surface area contributed by atoms with E-state index in [0.29, 0.717) is 5.56 Å². The third kappa shape index (κ3) is 3.99. The van der Waals surface area contributed by atoms with Gasteiger partial charge in [-0.1, -0.05) is 24.3 Å². The first kappa shape index (κ1) is 18.1. The van der Waals surface area contributed by atoms with Gasteiger partial charge in [-0.25, -0.2) is 12.7 Å². The van der Waals surface area contributed by atoms with Crippen molar-refractivity contribution in [3.63, 3.8) is 0 Å². The number of aryl methyl sites for hydroxylation is 2. The zero-order valence-corrected chi connectivity index (χ0v) is 15.1. The summed E-state index contributed by atoms with van der Waals surface area (Å²) in [4.78, 5) is 12.4. The minimum Gasteiger partial charge on any atom is -0.289 e. The number of ketones is 1. The molecule has 0 aliphatic rings. The molecule has 5 heteroatoms. The van der Waals surface area contributed by atoms with Crippen LogP contribution in [0.25, 0.3) is 6.08 Å². The highest BCUT2D eigenvalue weighted by molar-refractivity contribution is 7.89. The molecule has 2 aromatic rings. The van der Waals surface area contributed by atoms with Gasteiger partial charge in [-0.05, 0) is 60.9 Å². The number of sulfonamides is 1. The molecule has 0 aromatic heterocycles. The van der Waals surface area contributed by atoms with E-state index in [0.717, 1.165) is 9.87 Å². The van der Waals surface area contributed by atoms with Crippen LogP contribution < -0.4 is 0 Å². The van der Waals surface area contributed by atoms with Gasteiger partial charge in [0.1, 0.15) is 0 Å². The Morgan fingerprint density at radius 1 is 0.958 bits per heavy atom. The second-order valence-electron chi connectivity index (χ2n) is 5.85. The van der Waals surface area contributed by atoms with E-state index >= 15 is 0 Å². The number of nitrogens with zero attached hydrogens (tertiary/aromatic N) is 1. The molecule has 0 atom stereocenters. The Kier molecular flexibility index (Phi) is 5.36. The largest absolute Gasteiger partial charge is 0.289 e. The lowest BCUT2D eigenvalue weighted by Gasteiger charge is -2.11. The number of carbonyl (C=O) groups excluding carboxylic acids is 1. The fraction of sp³-hybridized carbons (Fsp3) is 0.211. The van der Waals surface area contributed by atoms with Gasteiger partial charge >= 0.3 is 0 Å². The monoisotopic (exact) mass is 343 g/mol. The first-order valence-electron chi connectivity index (χ1n) is 7.54. The van der Waals surface area contributed by atoms with Crippen molar-refractivity contribution in [3.05, 3.63) is 70.8 Å². The topological polar surface area (TPSA) is 54.5 Å². The van der Waals surface area contributed by atoms with Gasteiger partial charge in [0.25, 0.3) is 0 Å². The van der Waals surface area contributed by atoms with Gasteiger partial charge in [-0.15, -0.1) is 0 Å². The maximum atomic E-state index is 12.2. The van der Waals surface area contributed by atoms with E-state index in [1.54, 1.807) is 6.08 Å². The Balaban J connectivity index is 2.18. The van der Waals surface area contributed by atoms with Crippen LogP contribution in [0.1, 0.15) is 27.0 Å². The predicted molar refractivity (Wildman–Crippen MR) is 96.6 cm³/mol. The van der Waals surface area contributed by atoms with Crippen molar-refractivity contribution in [2.24, 2.45) is 0 Å². The average molecular weight is 343 g/mol. The lowest BCUT2D eigenvalue weighted by atomic mass is 10.0. The molecule has 0 saturated carbocycles. The molecule has 0 aliphatic heterocycles. The Bertz CT molecular complexity index is 879. The summed E-state index contributed by atoms with van der Waals surface area (Å²) in [5.41, 5.74) is 3.78. The summed E-state index contributed by atoms with van der Waals surface area (Å²) < 4.78 is 25.2. The second kappa shape index (κ2) is 7.11. The van der Waals surface area contributed by atoms with Crippen molar-refractivity contribution in [2.45, 2.75) is 18.7 Å². The molecule has 0 unspecified atom stereocenters. The van der Waals surface area contributed by atoms with Gasteiger partial charge in [0, 0.05) is 19.7 Å². The molecule has 0 heterocycles. The van der Waals surface area contributed by atoms with Gasteiger partial charge < -0.3 is 0 Å². The molecule has 0 N–H and O–H groups in total. The third-order valence-corrected chi connectivity index (χ3v) is 5.70. The van der Waals surface area contributed by atoms with Crippen LogP contribution in [0.4, 0.5) is 0 Å². The molecular formula is C19H21NO3S. The molecule has 0 fully saturated rings. The third-order valence-electron chi connectivity index (χ3n) is 3.88. The van der Waals surface area contributed by atoms with Crippen LogP contribution >= 0.6 is 0 Å². The maximum absolute atomic E-state index is 12.2. The summed E-state index contributed by atoms with van der Waals surface area (Å²) in [5.74, 6) is -0.165. The zero-order chi connectivity index (χ0) is 17.9. The second-order valence-corrected chi connectivity index (χ2v) is 8.00. The van der Waals surface area contributed by atoms with E-state index in [4.69, 9.17) is 0 Å². The quantitative estimate of drug-likeness (QED) is 0.617. The first-order chi connectivity index (χ1) is 11.2. The standard InChI is InChI=1S/C19H21NO3S/c1-14-5-6-16(13-15(14)2)7-12-19(21)17-8-10-18(11-9-17)24(22,23)20(3)4/h5-13H,1-4H3/b12-7+. The van der Waals surface area contributed by atoms with E-state index in [1.807, 2.05) is 32.0 Å². The van der Waals surface area contributed by atoms with Crippen LogP contribution in [0.2, 0.25) is 0 Å². The van der Waals surface area contributed by atoms with E-state index < -0.39 is 10.0 Å².